The van der Waals surface area contributed by atoms with E-state index >= 15 is 0 Å². The van der Waals surface area contributed by atoms with Gasteiger partial charge in [-0.2, -0.15) is 13.9 Å². The van der Waals surface area contributed by atoms with Crippen LogP contribution in [0.1, 0.15) is 16.1 Å². The van der Waals surface area contributed by atoms with Gasteiger partial charge in [0.05, 0.1) is 23.1 Å². The van der Waals surface area contributed by atoms with Gasteiger partial charge >= 0.3 is 0 Å². The van der Waals surface area contributed by atoms with Gasteiger partial charge in [-0.1, -0.05) is 33.8 Å². The van der Waals surface area contributed by atoms with E-state index in [0.29, 0.717) is 33.6 Å². The van der Waals surface area contributed by atoms with Crippen LogP contribution >= 0.6 is 27.7 Å². The van der Waals surface area contributed by atoms with Gasteiger partial charge in [-0.15, -0.1) is 0 Å². The van der Waals surface area contributed by atoms with E-state index in [9.17, 15) is 13.6 Å². The van der Waals surface area contributed by atoms with Crippen molar-refractivity contribution in [2.24, 2.45) is 0 Å². The molecule has 0 aliphatic carbocycles. The van der Waals surface area contributed by atoms with E-state index in [1.807, 2.05) is 24.3 Å². The lowest BCUT2D eigenvalue weighted by molar-refractivity contribution is 0.102. The number of carbonyl (C=O) groups is 1. The third kappa shape index (κ3) is 4.31. The van der Waals surface area contributed by atoms with E-state index in [0.717, 1.165) is 10.2 Å². The van der Waals surface area contributed by atoms with E-state index in [1.54, 1.807) is 29.8 Å². The molecule has 0 unspecified atom stereocenters. The number of halogens is 3. The molecule has 1 amide bonds. The molecule has 3 rings (SSSR count). The summed E-state index contributed by atoms with van der Waals surface area (Å²) < 4.78 is 27.6. The number of carbonyl (C=O) groups excluding carboxylic acids is 1. The summed E-state index contributed by atoms with van der Waals surface area (Å²) in [5.74, 6) is -2.85. The minimum absolute atomic E-state index is 0.343. The van der Waals surface area contributed by atoms with Gasteiger partial charge in [0.25, 0.3) is 11.7 Å². The first-order valence-electron chi connectivity index (χ1n) is 7.61. The van der Waals surface area contributed by atoms with Gasteiger partial charge in [0.2, 0.25) is 0 Å². The van der Waals surface area contributed by atoms with Crippen LogP contribution in [-0.2, 0) is 0 Å². The Labute approximate surface area is 161 Å². The number of hydrogen-bond acceptors (Lipinski definition) is 3. The Kier molecular flexibility index (Phi) is 5.73. The zero-order valence-electron chi connectivity index (χ0n) is 13.6. The second-order valence-electron chi connectivity index (χ2n) is 5.39. The molecule has 4 nitrogen and oxygen atoms in total. The number of aromatic nitrogens is 2. The number of benzene rings is 2. The number of nitrogens with one attached hydrogen (secondary N) is 1. The Bertz CT molecular complexity index is 928. The number of alkyl halides is 2. The molecular formula is C18H14BrF2N3OS. The van der Waals surface area contributed by atoms with Crippen LogP contribution in [0.4, 0.5) is 14.5 Å². The molecule has 0 bridgehead atoms. The molecule has 1 aromatic heterocycles. The maximum absolute atomic E-state index is 12.5. The second-order valence-corrected chi connectivity index (χ2v) is 7.37. The standard InChI is InChI=1S/C18H14BrF2N3OS/c1-11-16(10-22-24(11)14-7-5-12(19)6-8-14)17(25)23-13-3-2-4-15(9-13)26-18(20)21/h2-10,18H,1H3,(H,23,25). The molecule has 2 aromatic carbocycles. The summed E-state index contributed by atoms with van der Waals surface area (Å²) in [6, 6.07) is 13.9. The fraction of sp³-hybridized carbons (Fsp3) is 0.111. The molecule has 8 heteroatoms. The monoisotopic (exact) mass is 437 g/mol. The first-order valence-corrected chi connectivity index (χ1v) is 9.28. The summed E-state index contributed by atoms with van der Waals surface area (Å²) in [6.45, 7) is 1.80. The first kappa shape index (κ1) is 18.6. The van der Waals surface area contributed by atoms with Crippen molar-refractivity contribution in [2.45, 2.75) is 17.6 Å². The van der Waals surface area contributed by atoms with Crippen molar-refractivity contribution in [3.63, 3.8) is 0 Å². The molecule has 134 valence electrons. The molecular weight excluding hydrogens is 424 g/mol. The zero-order chi connectivity index (χ0) is 18.7. The highest BCUT2D eigenvalue weighted by atomic mass is 79.9. The van der Waals surface area contributed by atoms with Crippen LogP contribution in [0.15, 0.2) is 64.1 Å². The number of amides is 1. The highest BCUT2D eigenvalue weighted by Crippen LogP contribution is 2.27. The predicted molar refractivity (Wildman–Crippen MR) is 102 cm³/mol. The number of thioether (sulfide) groups is 1. The first-order chi connectivity index (χ1) is 12.4. The van der Waals surface area contributed by atoms with E-state index in [2.05, 4.69) is 26.3 Å². The van der Waals surface area contributed by atoms with Gasteiger partial charge in [-0.05, 0) is 49.4 Å². The van der Waals surface area contributed by atoms with Gasteiger partial charge < -0.3 is 5.32 Å². The second kappa shape index (κ2) is 8.01. The Morgan fingerprint density at radius 1 is 1.23 bits per heavy atom. The van der Waals surface area contributed by atoms with E-state index in [1.165, 1.54) is 12.3 Å². The molecule has 0 radical (unpaired) electrons. The molecule has 1 heterocycles. The van der Waals surface area contributed by atoms with Crippen LogP contribution in [0.2, 0.25) is 0 Å². The summed E-state index contributed by atoms with van der Waals surface area (Å²) in [5.41, 5.74) is 2.39. The van der Waals surface area contributed by atoms with Crippen molar-refractivity contribution < 1.29 is 13.6 Å². The Balaban J connectivity index is 1.80. The molecule has 0 fully saturated rings. The van der Waals surface area contributed by atoms with Crippen molar-refractivity contribution >= 4 is 39.3 Å². The third-order valence-corrected chi connectivity index (χ3v) is 4.88. The molecule has 0 saturated heterocycles. The fourth-order valence-corrected chi connectivity index (χ4v) is 3.25. The molecule has 26 heavy (non-hydrogen) atoms. The van der Waals surface area contributed by atoms with Gasteiger partial charge in [0, 0.05) is 15.1 Å². The summed E-state index contributed by atoms with van der Waals surface area (Å²) in [4.78, 5) is 12.9. The quantitative estimate of drug-likeness (QED) is 0.535. The van der Waals surface area contributed by atoms with Gasteiger partial charge in [-0.3, -0.25) is 4.79 Å². The number of rotatable bonds is 5. The highest BCUT2D eigenvalue weighted by Gasteiger charge is 2.16. The zero-order valence-corrected chi connectivity index (χ0v) is 16.0. The van der Waals surface area contributed by atoms with Crippen LogP contribution in [0, 0.1) is 6.92 Å². The highest BCUT2D eigenvalue weighted by molar-refractivity contribution is 9.10. The molecule has 0 aliphatic rings. The molecule has 0 saturated carbocycles. The van der Waals surface area contributed by atoms with E-state index in [4.69, 9.17) is 0 Å². The van der Waals surface area contributed by atoms with Gasteiger partial charge in [-0.25, -0.2) is 4.68 Å². The maximum Gasteiger partial charge on any atom is 0.288 e. The number of nitrogens with zero attached hydrogens (tertiary/aromatic N) is 2. The largest absolute Gasteiger partial charge is 0.322 e. The SMILES string of the molecule is Cc1c(C(=O)Nc2cccc(SC(F)F)c2)cnn1-c1ccc(Br)cc1. The fourth-order valence-electron chi connectivity index (χ4n) is 2.42. The van der Waals surface area contributed by atoms with E-state index < -0.39 is 5.76 Å². The molecule has 0 spiro atoms. The lowest BCUT2D eigenvalue weighted by Crippen LogP contribution is -2.13. The molecule has 3 aromatic rings. The Morgan fingerprint density at radius 2 is 1.96 bits per heavy atom. The summed E-state index contributed by atoms with van der Waals surface area (Å²) in [6.07, 6.45) is 1.49. The summed E-state index contributed by atoms with van der Waals surface area (Å²) >= 11 is 3.82. The summed E-state index contributed by atoms with van der Waals surface area (Å²) in [7, 11) is 0. The molecule has 0 aliphatic heterocycles. The lowest BCUT2D eigenvalue weighted by Gasteiger charge is -2.08. The van der Waals surface area contributed by atoms with Crippen molar-refractivity contribution in [2.75, 3.05) is 5.32 Å². The van der Waals surface area contributed by atoms with Crippen molar-refractivity contribution in [1.82, 2.24) is 9.78 Å². The molecule has 0 atom stereocenters. The van der Waals surface area contributed by atoms with Crippen molar-refractivity contribution in [1.29, 1.82) is 0 Å². The average Bonchev–Trinajstić information content (AvgIpc) is 2.97. The minimum atomic E-state index is -2.51. The van der Waals surface area contributed by atoms with Crippen molar-refractivity contribution in [3.8, 4) is 5.69 Å². The normalized spacial score (nSPS) is 11.0. The van der Waals surface area contributed by atoms with Crippen LogP contribution in [0.3, 0.4) is 0 Å². The Hall–Kier alpha value is -2.19. The van der Waals surface area contributed by atoms with Crippen LogP contribution in [-0.4, -0.2) is 21.4 Å². The smallest absolute Gasteiger partial charge is 0.288 e. The van der Waals surface area contributed by atoms with Crippen LogP contribution < -0.4 is 5.32 Å². The van der Waals surface area contributed by atoms with Crippen LogP contribution in [0.5, 0.6) is 0 Å². The maximum atomic E-state index is 12.5. The van der Waals surface area contributed by atoms with E-state index in [-0.39, 0.29) is 5.91 Å². The third-order valence-electron chi connectivity index (χ3n) is 3.64. The van der Waals surface area contributed by atoms with Gasteiger partial charge in [0.15, 0.2) is 0 Å². The lowest BCUT2D eigenvalue weighted by atomic mass is 10.2. The number of hydrogen-bond donors (Lipinski definition) is 1. The van der Waals surface area contributed by atoms with Crippen molar-refractivity contribution in [3.05, 3.63) is 70.5 Å². The predicted octanol–water partition coefficient (Wildman–Crippen LogP) is 5.51. The molecule has 1 N–H and O–H groups in total. The topological polar surface area (TPSA) is 46.9 Å². The number of anilines is 1. The minimum Gasteiger partial charge on any atom is -0.322 e. The van der Waals surface area contributed by atoms with Gasteiger partial charge in [0.1, 0.15) is 0 Å². The summed E-state index contributed by atoms with van der Waals surface area (Å²) in [5, 5.41) is 7.00. The van der Waals surface area contributed by atoms with Crippen LogP contribution in [0.25, 0.3) is 5.69 Å². The Morgan fingerprint density at radius 3 is 2.65 bits per heavy atom. The average molecular weight is 438 g/mol.